The van der Waals surface area contributed by atoms with E-state index in [2.05, 4.69) is 18.7 Å². The lowest BCUT2D eigenvalue weighted by Crippen LogP contribution is -2.30. The molecule has 0 amide bonds. The number of hydrogen-bond acceptors (Lipinski definition) is 2. The quantitative estimate of drug-likeness (QED) is 0.698. The van der Waals surface area contributed by atoms with E-state index in [0.29, 0.717) is 18.6 Å². The Balaban J connectivity index is 1.97. The van der Waals surface area contributed by atoms with Crippen molar-refractivity contribution in [1.82, 2.24) is 4.90 Å². The van der Waals surface area contributed by atoms with E-state index in [0.717, 1.165) is 11.8 Å². The average Bonchev–Trinajstić information content (AvgIpc) is 2.60. The number of fused-ring (bicyclic) bond motifs is 1. The second-order valence-electron chi connectivity index (χ2n) is 4.99. The zero-order valence-electron chi connectivity index (χ0n) is 8.74. The molecule has 2 nitrogen and oxygen atoms in total. The van der Waals surface area contributed by atoms with Crippen molar-refractivity contribution in [2.24, 2.45) is 17.8 Å². The minimum Gasteiger partial charge on any atom is -0.396 e. The van der Waals surface area contributed by atoms with Crippen LogP contribution in [0.25, 0.3) is 0 Å². The van der Waals surface area contributed by atoms with Gasteiger partial charge in [-0.1, -0.05) is 0 Å². The summed E-state index contributed by atoms with van der Waals surface area (Å²) in [6, 6.07) is 0.685. The number of likely N-dealkylation sites (tertiary alicyclic amines) is 1. The summed E-state index contributed by atoms with van der Waals surface area (Å²) in [5.41, 5.74) is 0. The maximum Gasteiger partial charge on any atom is 0.0462 e. The van der Waals surface area contributed by atoms with Crippen LogP contribution in [0.4, 0.5) is 0 Å². The lowest BCUT2D eigenvalue weighted by molar-refractivity contribution is 0.177. The van der Waals surface area contributed by atoms with Gasteiger partial charge < -0.3 is 10.0 Å². The molecule has 1 saturated carbocycles. The van der Waals surface area contributed by atoms with E-state index in [4.69, 9.17) is 0 Å². The third-order valence-corrected chi connectivity index (χ3v) is 4.00. The minimum absolute atomic E-state index is 0.410. The van der Waals surface area contributed by atoms with Gasteiger partial charge in [-0.15, -0.1) is 0 Å². The van der Waals surface area contributed by atoms with Crippen LogP contribution in [0, 0.1) is 17.8 Å². The van der Waals surface area contributed by atoms with Crippen LogP contribution in [0.15, 0.2) is 0 Å². The van der Waals surface area contributed by atoms with Crippen LogP contribution in [-0.2, 0) is 0 Å². The van der Waals surface area contributed by atoms with E-state index in [-0.39, 0.29) is 0 Å². The molecule has 2 aliphatic rings. The van der Waals surface area contributed by atoms with E-state index in [1.54, 1.807) is 0 Å². The molecule has 1 heterocycles. The summed E-state index contributed by atoms with van der Waals surface area (Å²) in [5, 5.41) is 9.22. The van der Waals surface area contributed by atoms with Crippen molar-refractivity contribution in [2.45, 2.75) is 32.7 Å². The molecule has 1 N–H and O–H groups in total. The molecule has 0 radical (unpaired) electrons. The average molecular weight is 183 g/mol. The first-order chi connectivity index (χ1) is 6.22. The van der Waals surface area contributed by atoms with Gasteiger partial charge in [-0.25, -0.2) is 0 Å². The molecular weight excluding hydrogens is 162 g/mol. The summed E-state index contributed by atoms with van der Waals surface area (Å²) in [4.78, 5) is 2.57. The Morgan fingerprint density at radius 2 is 2.08 bits per heavy atom. The number of nitrogens with zero attached hydrogens (tertiary/aromatic N) is 1. The Hall–Kier alpha value is -0.0800. The first-order valence-corrected chi connectivity index (χ1v) is 5.57. The van der Waals surface area contributed by atoms with Gasteiger partial charge in [0.2, 0.25) is 0 Å². The molecule has 2 heteroatoms. The van der Waals surface area contributed by atoms with Crippen LogP contribution in [-0.4, -0.2) is 35.7 Å². The second kappa shape index (κ2) is 3.58. The Labute approximate surface area is 80.9 Å². The van der Waals surface area contributed by atoms with Gasteiger partial charge in [0.25, 0.3) is 0 Å². The molecule has 13 heavy (non-hydrogen) atoms. The van der Waals surface area contributed by atoms with Crippen molar-refractivity contribution >= 4 is 0 Å². The summed E-state index contributed by atoms with van der Waals surface area (Å²) in [6.07, 6.45) is 2.61. The highest BCUT2D eigenvalue weighted by Gasteiger charge is 2.42. The third kappa shape index (κ3) is 1.62. The molecule has 1 aliphatic heterocycles. The Morgan fingerprint density at radius 3 is 2.69 bits per heavy atom. The van der Waals surface area contributed by atoms with Gasteiger partial charge in [0, 0.05) is 25.7 Å². The van der Waals surface area contributed by atoms with Crippen LogP contribution >= 0.6 is 0 Å². The van der Waals surface area contributed by atoms with E-state index >= 15 is 0 Å². The Bertz CT molecular complexity index is 181. The van der Waals surface area contributed by atoms with Crippen LogP contribution in [0.2, 0.25) is 0 Å². The minimum atomic E-state index is 0.410. The van der Waals surface area contributed by atoms with Gasteiger partial charge in [-0.3, -0.25) is 0 Å². The van der Waals surface area contributed by atoms with Crippen molar-refractivity contribution in [2.75, 3.05) is 19.7 Å². The monoisotopic (exact) mass is 183 g/mol. The highest BCUT2D eigenvalue weighted by Crippen LogP contribution is 2.42. The maximum absolute atomic E-state index is 9.22. The maximum atomic E-state index is 9.22. The first-order valence-electron chi connectivity index (χ1n) is 5.57. The van der Waals surface area contributed by atoms with E-state index < -0.39 is 0 Å². The molecule has 0 spiro atoms. The summed E-state index contributed by atoms with van der Waals surface area (Å²) in [7, 11) is 0. The molecular formula is C11H21NO. The molecule has 2 rings (SSSR count). The summed E-state index contributed by atoms with van der Waals surface area (Å²) in [6.45, 7) is 7.46. The molecule has 0 aromatic carbocycles. The SMILES string of the molecule is CC(C)N1CC2CCC(CO)C2C1. The van der Waals surface area contributed by atoms with Gasteiger partial charge in [-0.2, -0.15) is 0 Å². The molecule has 0 aromatic heterocycles. The first kappa shape index (κ1) is 9.47. The number of aliphatic hydroxyl groups is 1. The van der Waals surface area contributed by atoms with Crippen LogP contribution < -0.4 is 0 Å². The standard InChI is InChI=1S/C11H21NO/c1-8(2)12-5-9-3-4-10(7-13)11(9)6-12/h8-11,13H,3-7H2,1-2H3. The number of aliphatic hydroxyl groups excluding tert-OH is 1. The fraction of sp³-hybridized carbons (Fsp3) is 1.00. The van der Waals surface area contributed by atoms with Crippen molar-refractivity contribution < 1.29 is 5.11 Å². The zero-order chi connectivity index (χ0) is 9.42. The molecule has 3 atom stereocenters. The topological polar surface area (TPSA) is 23.5 Å². The van der Waals surface area contributed by atoms with Crippen molar-refractivity contribution in [3.8, 4) is 0 Å². The van der Waals surface area contributed by atoms with Crippen LogP contribution in [0.5, 0.6) is 0 Å². The Kier molecular flexibility index (Phi) is 2.61. The molecule has 0 aromatic rings. The zero-order valence-corrected chi connectivity index (χ0v) is 8.74. The Morgan fingerprint density at radius 1 is 1.31 bits per heavy atom. The van der Waals surface area contributed by atoms with Crippen LogP contribution in [0.3, 0.4) is 0 Å². The van der Waals surface area contributed by atoms with Crippen LogP contribution in [0.1, 0.15) is 26.7 Å². The van der Waals surface area contributed by atoms with E-state index in [1.807, 2.05) is 0 Å². The van der Waals surface area contributed by atoms with Crippen molar-refractivity contribution in [3.05, 3.63) is 0 Å². The molecule has 1 saturated heterocycles. The lowest BCUT2D eigenvalue weighted by atomic mass is 9.93. The molecule has 3 unspecified atom stereocenters. The predicted molar refractivity (Wildman–Crippen MR) is 53.5 cm³/mol. The largest absolute Gasteiger partial charge is 0.396 e. The van der Waals surface area contributed by atoms with Gasteiger partial charge in [-0.05, 0) is 44.4 Å². The second-order valence-corrected chi connectivity index (χ2v) is 4.99. The highest BCUT2D eigenvalue weighted by atomic mass is 16.3. The van der Waals surface area contributed by atoms with Gasteiger partial charge >= 0.3 is 0 Å². The van der Waals surface area contributed by atoms with E-state index in [1.165, 1.54) is 25.9 Å². The molecule has 0 bridgehead atoms. The number of hydrogen-bond donors (Lipinski definition) is 1. The van der Waals surface area contributed by atoms with Gasteiger partial charge in [0.1, 0.15) is 0 Å². The van der Waals surface area contributed by atoms with Gasteiger partial charge in [0.15, 0.2) is 0 Å². The summed E-state index contributed by atoms with van der Waals surface area (Å²) in [5.74, 6) is 2.29. The number of rotatable bonds is 2. The van der Waals surface area contributed by atoms with Crippen molar-refractivity contribution in [1.29, 1.82) is 0 Å². The highest BCUT2D eigenvalue weighted by molar-refractivity contribution is 4.93. The predicted octanol–water partition coefficient (Wildman–Crippen LogP) is 1.35. The van der Waals surface area contributed by atoms with E-state index in [9.17, 15) is 5.11 Å². The smallest absolute Gasteiger partial charge is 0.0462 e. The third-order valence-electron chi connectivity index (χ3n) is 4.00. The van der Waals surface area contributed by atoms with Crippen molar-refractivity contribution in [3.63, 3.8) is 0 Å². The molecule has 76 valence electrons. The normalized spacial score (nSPS) is 40.2. The molecule has 1 aliphatic carbocycles. The fourth-order valence-corrected chi connectivity index (χ4v) is 3.06. The summed E-state index contributed by atoms with van der Waals surface area (Å²) >= 11 is 0. The molecule has 2 fully saturated rings. The summed E-state index contributed by atoms with van der Waals surface area (Å²) < 4.78 is 0. The fourth-order valence-electron chi connectivity index (χ4n) is 3.06. The van der Waals surface area contributed by atoms with Gasteiger partial charge in [0.05, 0.1) is 0 Å². The lowest BCUT2D eigenvalue weighted by Gasteiger charge is -2.22.